The predicted molar refractivity (Wildman–Crippen MR) is 50.0 cm³/mol. The molecule has 0 aliphatic carbocycles. The third-order valence-electron chi connectivity index (χ3n) is 2.03. The molecule has 2 N–H and O–H groups in total. The molecule has 1 amide bonds. The van der Waals surface area contributed by atoms with Crippen LogP contribution in [0.5, 0.6) is 0 Å². The lowest BCUT2D eigenvalue weighted by Crippen LogP contribution is -2.57. The van der Waals surface area contributed by atoms with Gasteiger partial charge in [-0.3, -0.25) is 4.79 Å². The second-order valence-electron chi connectivity index (χ2n) is 4.68. The summed E-state index contributed by atoms with van der Waals surface area (Å²) in [5.41, 5.74) is -1.22. The molecule has 0 spiro atoms. The van der Waals surface area contributed by atoms with Gasteiger partial charge in [0, 0.05) is 0 Å². The van der Waals surface area contributed by atoms with Crippen LogP contribution in [0.2, 0.25) is 0 Å². The minimum Gasteiger partial charge on any atom is -0.480 e. The lowest BCUT2D eigenvalue weighted by Gasteiger charge is -2.29. The molecule has 0 aromatic carbocycles. The van der Waals surface area contributed by atoms with Crippen molar-refractivity contribution < 1.29 is 36.6 Å². The number of aliphatic carboxylic acids is 1. The molecular weight excluding hydrogens is 265 g/mol. The molecule has 0 fully saturated rings. The molecule has 0 heterocycles. The van der Waals surface area contributed by atoms with E-state index in [1.807, 2.05) is 0 Å². The Morgan fingerprint density at radius 2 is 1.44 bits per heavy atom. The van der Waals surface area contributed by atoms with Crippen LogP contribution in [0.25, 0.3) is 0 Å². The Balaban J connectivity index is 5.11. The Morgan fingerprint density at radius 1 is 1.06 bits per heavy atom. The van der Waals surface area contributed by atoms with Crippen LogP contribution >= 0.6 is 0 Å². The van der Waals surface area contributed by atoms with E-state index in [0.717, 1.165) is 0 Å². The first-order valence-electron chi connectivity index (χ1n) is 4.69. The zero-order chi connectivity index (χ0) is 14.9. The highest BCUT2D eigenvalue weighted by atomic mass is 19.4. The predicted octanol–water partition coefficient (Wildman–Crippen LogP) is 1.80. The van der Waals surface area contributed by atoms with Gasteiger partial charge in [0.25, 0.3) is 0 Å². The molecule has 106 valence electrons. The summed E-state index contributed by atoms with van der Waals surface area (Å²) in [6, 6.07) is -1.86. The average molecular weight is 277 g/mol. The monoisotopic (exact) mass is 277 g/mol. The highest BCUT2D eigenvalue weighted by molar-refractivity contribution is 5.89. The van der Waals surface area contributed by atoms with Gasteiger partial charge in [-0.15, -0.1) is 0 Å². The molecule has 0 aliphatic heterocycles. The molecule has 0 saturated carbocycles. The summed E-state index contributed by atoms with van der Waals surface area (Å²) in [7, 11) is 0. The van der Waals surface area contributed by atoms with Crippen molar-refractivity contribution in [2.24, 2.45) is 5.41 Å². The maximum absolute atomic E-state index is 12.6. The first-order valence-corrected chi connectivity index (χ1v) is 4.69. The minimum absolute atomic E-state index is 1.19. The van der Waals surface area contributed by atoms with E-state index < -0.39 is 35.4 Å². The number of amides is 1. The van der Waals surface area contributed by atoms with Crippen molar-refractivity contribution in [3.8, 4) is 0 Å². The van der Waals surface area contributed by atoms with Crippen molar-refractivity contribution in [3.05, 3.63) is 0 Å². The lowest BCUT2D eigenvalue weighted by atomic mass is 9.86. The van der Waals surface area contributed by atoms with Crippen LogP contribution < -0.4 is 5.32 Å². The van der Waals surface area contributed by atoms with Crippen LogP contribution in [0.15, 0.2) is 0 Å². The lowest BCUT2D eigenvalue weighted by molar-refractivity contribution is -0.270. The van der Waals surface area contributed by atoms with Crippen LogP contribution in [0, 0.1) is 5.41 Å². The van der Waals surface area contributed by atoms with Gasteiger partial charge in [0.2, 0.25) is 0 Å². The van der Waals surface area contributed by atoms with Crippen LogP contribution in [-0.2, 0) is 9.59 Å². The Hall–Kier alpha value is -1.41. The van der Waals surface area contributed by atoms with Crippen molar-refractivity contribution in [2.45, 2.75) is 38.9 Å². The molecule has 0 unspecified atom stereocenters. The van der Waals surface area contributed by atoms with Gasteiger partial charge in [-0.2, -0.15) is 22.0 Å². The van der Waals surface area contributed by atoms with E-state index in [0.29, 0.717) is 0 Å². The Bertz CT molecular complexity index is 345. The van der Waals surface area contributed by atoms with Crippen LogP contribution in [-0.4, -0.2) is 35.1 Å². The topological polar surface area (TPSA) is 66.4 Å². The highest BCUT2D eigenvalue weighted by Crippen LogP contribution is 2.36. The van der Waals surface area contributed by atoms with Gasteiger partial charge in [-0.1, -0.05) is 20.8 Å². The number of alkyl halides is 5. The number of carboxylic acids is 1. The van der Waals surface area contributed by atoms with Gasteiger partial charge >= 0.3 is 24.0 Å². The molecule has 0 aromatic heterocycles. The van der Waals surface area contributed by atoms with Crippen LogP contribution in [0.1, 0.15) is 20.8 Å². The van der Waals surface area contributed by atoms with Crippen molar-refractivity contribution in [1.82, 2.24) is 5.32 Å². The summed E-state index contributed by atoms with van der Waals surface area (Å²) in [4.78, 5) is 21.5. The SMILES string of the molecule is CC(C)(C)[C@@H](NC(=O)C(F)(F)C(F)(F)F)C(=O)O. The molecule has 0 aliphatic rings. The first kappa shape index (κ1) is 16.6. The highest BCUT2D eigenvalue weighted by Gasteiger charge is 2.64. The summed E-state index contributed by atoms with van der Waals surface area (Å²) in [5.74, 6) is -10.0. The summed E-state index contributed by atoms with van der Waals surface area (Å²) >= 11 is 0. The standard InChI is InChI=1S/C9H12F5NO3/c1-7(2,3)4(5(16)17)15-6(18)8(10,11)9(12,13)14/h4H,1-3H3,(H,15,18)(H,16,17)/t4-/m0/s1. The fourth-order valence-electron chi connectivity index (χ4n) is 0.999. The van der Waals surface area contributed by atoms with Crippen LogP contribution in [0.4, 0.5) is 22.0 Å². The molecule has 18 heavy (non-hydrogen) atoms. The number of hydrogen-bond donors (Lipinski definition) is 2. The summed E-state index contributed by atoms with van der Waals surface area (Å²) in [5, 5.41) is 9.88. The fourth-order valence-corrected chi connectivity index (χ4v) is 0.999. The Labute approximate surface area is 99.2 Å². The summed E-state index contributed by atoms with van der Waals surface area (Å²) in [6.07, 6.45) is -6.07. The molecule has 1 atom stereocenters. The average Bonchev–Trinajstić information content (AvgIpc) is 2.08. The number of halogens is 5. The van der Waals surface area contributed by atoms with Crippen molar-refractivity contribution >= 4 is 11.9 Å². The van der Waals surface area contributed by atoms with E-state index >= 15 is 0 Å². The number of carboxylic acid groups (broad SMARTS) is 1. The Kier molecular flexibility index (Phi) is 4.33. The second kappa shape index (κ2) is 4.69. The van der Waals surface area contributed by atoms with Crippen molar-refractivity contribution in [1.29, 1.82) is 0 Å². The first-order chi connectivity index (χ1) is 7.71. The number of carbonyl (C=O) groups is 2. The van der Waals surface area contributed by atoms with E-state index in [1.165, 1.54) is 26.1 Å². The molecule has 9 heteroatoms. The van der Waals surface area contributed by atoms with Gasteiger partial charge in [0.05, 0.1) is 0 Å². The van der Waals surface area contributed by atoms with Crippen molar-refractivity contribution in [3.63, 3.8) is 0 Å². The zero-order valence-corrected chi connectivity index (χ0v) is 9.73. The molecule has 0 bridgehead atoms. The number of rotatable bonds is 3. The molecule has 0 aromatic rings. The fraction of sp³-hybridized carbons (Fsp3) is 0.778. The van der Waals surface area contributed by atoms with E-state index in [4.69, 9.17) is 5.11 Å². The van der Waals surface area contributed by atoms with Gasteiger partial charge in [0.15, 0.2) is 0 Å². The minimum atomic E-state index is -6.07. The molecular formula is C9H12F5NO3. The van der Waals surface area contributed by atoms with Gasteiger partial charge in [-0.25, -0.2) is 4.79 Å². The van der Waals surface area contributed by atoms with E-state index in [-0.39, 0.29) is 0 Å². The molecule has 4 nitrogen and oxygen atoms in total. The number of nitrogens with one attached hydrogen (secondary N) is 1. The third kappa shape index (κ3) is 3.54. The number of carbonyl (C=O) groups excluding carboxylic acids is 1. The summed E-state index contributed by atoms with van der Waals surface area (Å²) in [6.45, 7) is 3.83. The van der Waals surface area contributed by atoms with Gasteiger partial charge in [0.1, 0.15) is 6.04 Å². The quantitative estimate of drug-likeness (QED) is 0.773. The maximum Gasteiger partial charge on any atom is 0.463 e. The number of hydrogen-bond acceptors (Lipinski definition) is 2. The largest absolute Gasteiger partial charge is 0.480 e. The normalized spacial score (nSPS) is 15.1. The van der Waals surface area contributed by atoms with E-state index in [2.05, 4.69) is 0 Å². The maximum atomic E-state index is 12.6. The smallest absolute Gasteiger partial charge is 0.463 e. The van der Waals surface area contributed by atoms with Crippen LogP contribution in [0.3, 0.4) is 0 Å². The zero-order valence-electron chi connectivity index (χ0n) is 9.73. The summed E-state index contributed by atoms with van der Waals surface area (Å²) < 4.78 is 60.8. The second-order valence-corrected chi connectivity index (χ2v) is 4.68. The molecule has 0 rings (SSSR count). The Morgan fingerprint density at radius 3 is 1.67 bits per heavy atom. The van der Waals surface area contributed by atoms with E-state index in [9.17, 15) is 31.5 Å². The van der Waals surface area contributed by atoms with Gasteiger partial charge < -0.3 is 10.4 Å². The third-order valence-corrected chi connectivity index (χ3v) is 2.03. The van der Waals surface area contributed by atoms with Gasteiger partial charge in [-0.05, 0) is 5.41 Å². The molecule has 0 saturated heterocycles. The van der Waals surface area contributed by atoms with E-state index in [1.54, 1.807) is 0 Å². The van der Waals surface area contributed by atoms with Crippen molar-refractivity contribution in [2.75, 3.05) is 0 Å². The molecule has 0 radical (unpaired) electrons.